The molecule has 5 heteroatoms. The third-order valence-corrected chi connectivity index (χ3v) is 4.61. The van der Waals surface area contributed by atoms with Gasteiger partial charge in [0.1, 0.15) is 11.5 Å². The lowest BCUT2D eigenvalue weighted by molar-refractivity contribution is -0.125. The number of amides is 1. The fourth-order valence-corrected chi connectivity index (χ4v) is 2.98. The summed E-state index contributed by atoms with van der Waals surface area (Å²) in [4.78, 5) is 24.6. The van der Waals surface area contributed by atoms with Crippen molar-refractivity contribution in [2.45, 2.75) is 26.3 Å². The maximum atomic E-state index is 12.4. The summed E-state index contributed by atoms with van der Waals surface area (Å²) < 4.78 is 10.9. The summed E-state index contributed by atoms with van der Waals surface area (Å²) in [5, 5.41) is 2.91. The Bertz CT molecular complexity index is 984. The van der Waals surface area contributed by atoms with Crippen LogP contribution in [0.3, 0.4) is 0 Å². The molecule has 154 valence electrons. The molecular weight excluding hydrogens is 378 g/mol. The first-order chi connectivity index (χ1) is 14.5. The van der Waals surface area contributed by atoms with Gasteiger partial charge in [-0.2, -0.15) is 0 Å². The number of carbonyl (C=O) groups is 2. The first kappa shape index (κ1) is 21.1. The topological polar surface area (TPSA) is 64.6 Å². The van der Waals surface area contributed by atoms with E-state index in [2.05, 4.69) is 5.32 Å². The van der Waals surface area contributed by atoms with Crippen molar-refractivity contribution in [3.63, 3.8) is 0 Å². The lowest BCUT2D eigenvalue weighted by Crippen LogP contribution is -2.32. The van der Waals surface area contributed by atoms with Crippen molar-refractivity contribution in [1.82, 2.24) is 5.32 Å². The second-order valence-electron chi connectivity index (χ2n) is 6.96. The van der Waals surface area contributed by atoms with Crippen LogP contribution in [-0.4, -0.2) is 18.5 Å². The summed E-state index contributed by atoms with van der Waals surface area (Å²) in [7, 11) is 0. The van der Waals surface area contributed by atoms with Gasteiger partial charge in [0.05, 0.1) is 11.6 Å². The van der Waals surface area contributed by atoms with Gasteiger partial charge in [-0.1, -0.05) is 61.0 Å². The zero-order chi connectivity index (χ0) is 21.3. The molecule has 0 aliphatic rings. The number of aryl methyl sites for hydroxylation is 1. The molecule has 3 rings (SSSR count). The van der Waals surface area contributed by atoms with Crippen LogP contribution in [0.2, 0.25) is 0 Å². The van der Waals surface area contributed by atoms with Gasteiger partial charge in [0, 0.05) is 0 Å². The Morgan fingerprint density at radius 3 is 2.30 bits per heavy atom. The molecule has 0 heterocycles. The van der Waals surface area contributed by atoms with Crippen LogP contribution in [-0.2, 0) is 9.53 Å². The number of nitrogens with one attached hydrogen (secondary N) is 1. The van der Waals surface area contributed by atoms with E-state index >= 15 is 0 Å². The van der Waals surface area contributed by atoms with Gasteiger partial charge in [-0.05, 0) is 49.2 Å². The first-order valence-corrected chi connectivity index (χ1v) is 9.91. The number of rotatable bonds is 8. The van der Waals surface area contributed by atoms with Crippen molar-refractivity contribution < 1.29 is 19.1 Å². The highest BCUT2D eigenvalue weighted by Gasteiger charge is 2.15. The minimum absolute atomic E-state index is 0.126. The number of para-hydroxylation sites is 1. The summed E-state index contributed by atoms with van der Waals surface area (Å²) in [6.45, 7) is 3.67. The fourth-order valence-electron chi connectivity index (χ4n) is 2.98. The van der Waals surface area contributed by atoms with E-state index in [9.17, 15) is 9.59 Å². The summed E-state index contributed by atoms with van der Waals surface area (Å²) >= 11 is 0. The number of ether oxygens (including phenoxy) is 2. The van der Waals surface area contributed by atoms with Crippen molar-refractivity contribution in [2.75, 3.05) is 6.61 Å². The third-order valence-electron chi connectivity index (χ3n) is 4.61. The molecule has 3 aromatic rings. The maximum Gasteiger partial charge on any atom is 0.338 e. The summed E-state index contributed by atoms with van der Waals surface area (Å²) in [6.07, 6.45) is 0.738. The van der Waals surface area contributed by atoms with Gasteiger partial charge in [-0.25, -0.2) is 4.79 Å². The second-order valence-corrected chi connectivity index (χ2v) is 6.96. The molecule has 0 bridgehead atoms. The highest BCUT2D eigenvalue weighted by atomic mass is 16.5. The van der Waals surface area contributed by atoms with E-state index in [1.165, 1.54) is 0 Å². The van der Waals surface area contributed by atoms with Gasteiger partial charge in [0.25, 0.3) is 5.91 Å². The molecule has 0 fully saturated rings. The molecular formula is C25H25NO4. The number of esters is 1. The van der Waals surface area contributed by atoms with E-state index < -0.39 is 5.97 Å². The number of hydrogen-bond acceptors (Lipinski definition) is 4. The molecule has 0 aliphatic carbocycles. The Morgan fingerprint density at radius 1 is 0.900 bits per heavy atom. The Kier molecular flexibility index (Phi) is 7.22. The van der Waals surface area contributed by atoms with Gasteiger partial charge in [-0.3, -0.25) is 4.79 Å². The van der Waals surface area contributed by atoms with Crippen LogP contribution in [0.4, 0.5) is 0 Å². The largest absolute Gasteiger partial charge is 0.457 e. The number of carbonyl (C=O) groups excluding carboxylic acids is 2. The quantitative estimate of drug-likeness (QED) is 0.524. The first-order valence-electron chi connectivity index (χ1n) is 9.91. The molecule has 0 unspecified atom stereocenters. The zero-order valence-corrected chi connectivity index (χ0v) is 17.1. The molecule has 0 saturated heterocycles. The Hall–Kier alpha value is -3.60. The van der Waals surface area contributed by atoms with Crippen LogP contribution in [0, 0.1) is 6.92 Å². The molecule has 30 heavy (non-hydrogen) atoms. The van der Waals surface area contributed by atoms with E-state index in [1.807, 2.05) is 68.4 Å². The fraction of sp³-hybridized carbons (Fsp3) is 0.200. The van der Waals surface area contributed by atoms with Gasteiger partial charge < -0.3 is 14.8 Å². The van der Waals surface area contributed by atoms with Crippen molar-refractivity contribution in [2.24, 2.45) is 0 Å². The predicted molar refractivity (Wildman–Crippen MR) is 116 cm³/mol. The van der Waals surface area contributed by atoms with Crippen molar-refractivity contribution in [3.05, 3.63) is 95.6 Å². The molecule has 0 saturated carbocycles. The minimum Gasteiger partial charge on any atom is -0.457 e. The lowest BCUT2D eigenvalue weighted by atomic mass is 10.0. The van der Waals surface area contributed by atoms with Crippen LogP contribution in [0.1, 0.15) is 40.9 Å². The molecule has 1 N–H and O–H groups in total. The second kappa shape index (κ2) is 10.3. The smallest absolute Gasteiger partial charge is 0.338 e. The Labute approximate surface area is 176 Å². The molecule has 1 amide bonds. The Morgan fingerprint density at radius 2 is 1.60 bits per heavy atom. The standard InChI is InChI=1S/C25H25NO4/c1-3-23(19-14-12-18(2)13-15-19)26-24(27)17-29-25(28)20-8-7-11-22(16-20)30-21-9-5-4-6-10-21/h4-16,23H,3,17H2,1-2H3,(H,26,27)/t23-/m0/s1. The molecule has 0 aromatic heterocycles. The monoisotopic (exact) mass is 403 g/mol. The van der Waals surface area contributed by atoms with Crippen LogP contribution in [0.25, 0.3) is 0 Å². The molecule has 0 radical (unpaired) electrons. The van der Waals surface area contributed by atoms with Gasteiger partial charge in [-0.15, -0.1) is 0 Å². The predicted octanol–water partition coefficient (Wildman–Crippen LogP) is 5.21. The molecule has 3 aromatic carbocycles. The van der Waals surface area contributed by atoms with Crippen molar-refractivity contribution >= 4 is 11.9 Å². The normalized spacial score (nSPS) is 11.4. The van der Waals surface area contributed by atoms with E-state index in [0.29, 0.717) is 17.1 Å². The lowest BCUT2D eigenvalue weighted by Gasteiger charge is -2.17. The SMILES string of the molecule is CC[C@H](NC(=O)COC(=O)c1cccc(Oc2ccccc2)c1)c1ccc(C)cc1. The highest BCUT2D eigenvalue weighted by Crippen LogP contribution is 2.22. The Balaban J connectivity index is 1.55. The van der Waals surface area contributed by atoms with Crippen LogP contribution in [0.15, 0.2) is 78.9 Å². The van der Waals surface area contributed by atoms with Crippen LogP contribution < -0.4 is 10.1 Å². The number of benzene rings is 3. The van der Waals surface area contributed by atoms with E-state index in [-0.39, 0.29) is 18.6 Å². The average Bonchev–Trinajstić information content (AvgIpc) is 2.77. The molecule has 0 aliphatic heterocycles. The molecule has 1 atom stereocenters. The van der Waals surface area contributed by atoms with Gasteiger partial charge >= 0.3 is 5.97 Å². The maximum absolute atomic E-state index is 12.4. The molecule has 0 spiro atoms. The van der Waals surface area contributed by atoms with Crippen LogP contribution in [0.5, 0.6) is 11.5 Å². The average molecular weight is 403 g/mol. The van der Waals surface area contributed by atoms with E-state index in [0.717, 1.165) is 17.5 Å². The van der Waals surface area contributed by atoms with Crippen molar-refractivity contribution in [1.29, 1.82) is 0 Å². The summed E-state index contributed by atoms with van der Waals surface area (Å²) in [6, 6.07) is 23.8. The summed E-state index contributed by atoms with van der Waals surface area (Å²) in [5.74, 6) is 0.272. The van der Waals surface area contributed by atoms with E-state index in [4.69, 9.17) is 9.47 Å². The van der Waals surface area contributed by atoms with Gasteiger partial charge in [0.2, 0.25) is 0 Å². The zero-order valence-electron chi connectivity index (χ0n) is 17.1. The minimum atomic E-state index is -0.577. The number of hydrogen-bond donors (Lipinski definition) is 1. The highest BCUT2D eigenvalue weighted by molar-refractivity contribution is 5.91. The van der Waals surface area contributed by atoms with E-state index in [1.54, 1.807) is 24.3 Å². The summed E-state index contributed by atoms with van der Waals surface area (Å²) in [5.41, 5.74) is 2.50. The van der Waals surface area contributed by atoms with Crippen LogP contribution >= 0.6 is 0 Å². The third kappa shape index (κ3) is 5.95. The van der Waals surface area contributed by atoms with Gasteiger partial charge in [0.15, 0.2) is 6.61 Å². The van der Waals surface area contributed by atoms with Crippen molar-refractivity contribution in [3.8, 4) is 11.5 Å². The molecule has 5 nitrogen and oxygen atoms in total.